The van der Waals surface area contributed by atoms with Crippen molar-refractivity contribution in [1.82, 2.24) is 25.2 Å². The molecule has 27 heavy (non-hydrogen) atoms. The molecule has 1 aliphatic rings. The number of nitrogens with one attached hydrogen (secondary N) is 1. The minimum atomic E-state index is -0.308. The number of benzene rings is 1. The van der Waals surface area contributed by atoms with Crippen LogP contribution < -0.4 is 10.2 Å². The monoisotopic (exact) mass is 389 g/mol. The van der Waals surface area contributed by atoms with Crippen LogP contribution in [-0.2, 0) is 11.3 Å². The molecular weight excluding hydrogens is 369 g/mol. The number of hydrogen-bond donors (Lipinski definition) is 1. The minimum absolute atomic E-state index is 0.273. The number of thiocarbonyl (C=S) groups is 1. The van der Waals surface area contributed by atoms with Crippen molar-refractivity contribution in [2.45, 2.75) is 6.54 Å². The van der Waals surface area contributed by atoms with Gasteiger partial charge in [-0.15, -0.1) is 5.10 Å². The lowest BCUT2D eigenvalue weighted by Gasteiger charge is -2.35. The lowest BCUT2D eigenvalue weighted by atomic mass is 10.2. The topological polar surface area (TPSA) is 82.2 Å². The maximum atomic E-state index is 14.7. The summed E-state index contributed by atoms with van der Waals surface area (Å²) in [5.41, 5.74) is 1.81. The molecule has 0 aliphatic carbocycles. The van der Waals surface area contributed by atoms with Crippen molar-refractivity contribution in [3.8, 4) is 11.8 Å². The first kappa shape index (κ1) is 19.0. The molecule has 1 N–H and O–H groups in total. The molecule has 2 heterocycles. The highest BCUT2D eigenvalue weighted by Gasteiger charge is 2.19. The van der Waals surface area contributed by atoms with Gasteiger partial charge < -0.3 is 15.0 Å². The van der Waals surface area contributed by atoms with Crippen molar-refractivity contribution in [3.05, 3.63) is 35.9 Å². The van der Waals surface area contributed by atoms with Crippen LogP contribution in [0.4, 0.5) is 10.1 Å². The Labute approximate surface area is 162 Å². The Kier molecular flexibility index (Phi) is 6.16. The molecule has 0 radical (unpaired) electrons. The lowest BCUT2D eigenvalue weighted by Crippen LogP contribution is -2.46. The minimum Gasteiger partial charge on any atom is -0.474 e. The van der Waals surface area contributed by atoms with E-state index in [1.165, 1.54) is 17.9 Å². The molecule has 1 saturated heterocycles. The van der Waals surface area contributed by atoms with Gasteiger partial charge in [-0.2, -0.15) is 5.26 Å². The summed E-state index contributed by atoms with van der Waals surface area (Å²) in [6, 6.07) is 7.16. The first-order chi connectivity index (χ1) is 13.1. The van der Waals surface area contributed by atoms with Crippen molar-refractivity contribution in [2.24, 2.45) is 0 Å². The average Bonchev–Trinajstić information content (AvgIpc) is 3.16. The average molecular weight is 389 g/mol. The Hall–Kier alpha value is -2.77. The van der Waals surface area contributed by atoms with Crippen LogP contribution in [0.15, 0.2) is 24.4 Å². The number of hydrogen-bond acceptors (Lipinski definition) is 7. The Bertz CT molecular complexity index is 842. The van der Waals surface area contributed by atoms with Gasteiger partial charge in [-0.1, -0.05) is 5.21 Å². The summed E-state index contributed by atoms with van der Waals surface area (Å²) >= 11 is 4.91. The van der Waals surface area contributed by atoms with E-state index in [1.807, 2.05) is 11.0 Å². The summed E-state index contributed by atoms with van der Waals surface area (Å²) < 4.78 is 21.0. The second kappa shape index (κ2) is 8.75. The summed E-state index contributed by atoms with van der Waals surface area (Å²) in [6.45, 7) is 3.66. The zero-order valence-electron chi connectivity index (χ0n) is 14.9. The highest BCUT2D eigenvalue weighted by molar-refractivity contribution is 7.80. The lowest BCUT2D eigenvalue weighted by molar-refractivity contribution is 0.286. The number of ether oxygens (including phenoxy) is 1. The van der Waals surface area contributed by atoms with E-state index in [0.717, 1.165) is 13.1 Å². The number of halogens is 1. The van der Waals surface area contributed by atoms with Gasteiger partial charge in [0.2, 0.25) is 0 Å². The van der Waals surface area contributed by atoms with E-state index in [1.54, 1.807) is 12.3 Å². The van der Waals surface area contributed by atoms with Gasteiger partial charge in [0.05, 0.1) is 43.8 Å². The van der Waals surface area contributed by atoms with Gasteiger partial charge in [0.15, 0.2) is 0 Å². The van der Waals surface area contributed by atoms with E-state index in [-0.39, 0.29) is 11.0 Å². The smallest absolute Gasteiger partial charge is 0.256 e. The van der Waals surface area contributed by atoms with Crippen molar-refractivity contribution in [1.29, 1.82) is 5.26 Å². The number of nitriles is 1. The van der Waals surface area contributed by atoms with Crippen LogP contribution in [0.25, 0.3) is 5.69 Å². The molecule has 0 atom stereocenters. The second-order valence-electron chi connectivity index (χ2n) is 6.06. The van der Waals surface area contributed by atoms with E-state index in [9.17, 15) is 4.39 Å². The van der Waals surface area contributed by atoms with Gasteiger partial charge in [0.25, 0.3) is 5.17 Å². The first-order valence-corrected chi connectivity index (χ1v) is 8.88. The van der Waals surface area contributed by atoms with Gasteiger partial charge in [-0.25, -0.2) is 9.07 Å². The summed E-state index contributed by atoms with van der Waals surface area (Å²) in [5, 5.41) is 20.0. The Morgan fingerprint density at radius 2 is 2.15 bits per heavy atom. The molecule has 8 nitrogen and oxygen atoms in total. The molecule has 0 saturated carbocycles. The van der Waals surface area contributed by atoms with Gasteiger partial charge >= 0.3 is 0 Å². The van der Waals surface area contributed by atoms with Gasteiger partial charge in [0, 0.05) is 32.2 Å². The van der Waals surface area contributed by atoms with Gasteiger partial charge in [-0.3, -0.25) is 4.90 Å². The van der Waals surface area contributed by atoms with Crippen LogP contribution in [-0.4, -0.2) is 64.9 Å². The van der Waals surface area contributed by atoms with E-state index in [0.29, 0.717) is 43.2 Å². The van der Waals surface area contributed by atoms with Crippen LogP contribution >= 0.6 is 12.2 Å². The predicted molar refractivity (Wildman–Crippen MR) is 102 cm³/mol. The van der Waals surface area contributed by atoms with E-state index < -0.39 is 0 Å². The maximum absolute atomic E-state index is 14.7. The molecule has 0 unspecified atom stereocenters. The molecule has 2 aromatic rings. The fourth-order valence-electron chi connectivity index (χ4n) is 2.88. The Morgan fingerprint density at radius 3 is 2.81 bits per heavy atom. The van der Waals surface area contributed by atoms with Crippen LogP contribution in [0.3, 0.4) is 0 Å². The van der Waals surface area contributed by atoms with Crippen molar-refractivity contribution in [2.75, 3.05) is 44.7 Å². The number of piperazine rings is 1. The molecule has 1 aliphatic heterocycles. The summed E-state index contributed by atoms with van der Waals surface area (Å²) in [7, 11) is 1.49. The fraction of sp³-hybridized carbons (Fsp3) is 0.412. The molecular formula is C17H20FN7OS. The van der Waals surface area contributed by atoms with Crippen LogP contribution in [0.1, 0.15) is 5.69 Å². The third-order valence-corrected chi connectivity index (χ3v) is 4.65. The third-order valence-electron chi connectivity index (χ3n) is 4.34. The highest BCUT2D eigenvalue weighted by atomic mass is 32.1. The van der Waals surface area contributed by atoms with E-state index >= 15 is 0 Å². The van der Waals surface area contributed by atoms with Crippen molar-refractivity contribution in [3.63, 3.8) is 0 Å². The normalized spacial score (nSPS) is 14.6. The van der Waals surface area contributed by atoms with Crippen molar-refractivity contribution >= 4 is 23.1 Å². The van der Waals surface area contributed by atoms with Crippen LogP contribution in [0.5, 0.6) is 0 Å². The quantitative estimate of drug-likeness (QED) is 0.601. The number of rotatable bonds is 5. The van der Waals surface area contributed by atoms with Crippen LogP contribution in [0.2, 0.25) is 0 Å². The molecule has 1 aromatic heterocycles. The Morgan fingerprint density at radius 1 is 1.37 bits per heavy atom. The maximum Gasteiger partial charge on any atom is 0.256 e. The number of methoxy groups -OCH3 is 1. The molecule has 0 amide bonds. The third kappa shape index (κ3) is 4.69. The number of anilines is 1. The summed E-state index contributed by atoms with van der Waals surface area (Å²) in [5.74, 6) is -0.308. The molecule has 1 aromatic carbocycles. The molecule has 0 bridgehead atoms. The number of aromatic nitrogens is 3. The second-order valence-corrected chi connectivity index (χ2v) is 6.43. The van der Waals surface area contributed by atoms with Crippen LogP contribution in [0, 0.1) is 17.1 Å². The van der Waals surface area contributed by atoms with Gasteiger partial charge in [-0.05, 0) is 24.4 Å². The standard InChI is InChI=1S/C17H20FN7OS/c1-26-17(27)20-11-13-12-25(22-21-13)14-2-3-16(15(18)10-14)24-8-6-23(5-4-19)7-9-24/h2-3,10,12H,5-9,11H2,1H3,(H,20,27). The molecule has 10 heteroatoms. The molecule has 0 spiro atoms. The molecule has 3 rings (SSSR count). The Balaban J connectivity index is 1.66. The SMILES string of the molecule is COC(=S)NCc1cn(-c2ccc(N3CCN(CC#N)CC3)c(F)c2)nn1. The molecule has 142 valence electrons. The van der Waals surface area contributed by atoms with E-state index in [2.05, 4.69) is 26.6 Å². The van der Waals surface area contributed by atoms with Gasteiger partial charge in [0.1, 0.15) is 11.5 Å². The fourth-order valence-corrected chi connectivity index (χ4v) is 2.95. The highest BCUT2D eigenvalue weighted by Crippen LogP contribution is 2.23. The van der Waals surface area contributed by atoms with Crippen molar-refractivity contribution < 1.29 is 9.13 Å². The van der Waals surface area contributed by atoms with E-state index in [4.69, 9.17) is 22.2 Å². The first-order valence-electron chi connectivity index (χ1n) is 8.48. The number of nitrogens with zero attached hydrogens (tertiary/aromatic N) is 6. The summed E-state index contributed by atoms with van der Waals surface area (Å²) in [4.78, 5) is 4.05. The zero-order chi connectivity index (χ0) is 19.2. The summed E-state index contributed by atoms with van der Waals surface area (Å²) in [6.07, 6.45) is 1.71. The molecule has 1 fully saturated rings. The largest absolute Gasteiger partial charge is 0.474 e. The predicted octanol–water partition coefficient (Wildman–Crippen LogP) is 1.07. The zero-order valence-corrected chi connectivity index (χ0v) is 15.7.